The lowest BCUT2D eigenvalue weighted by Gasteiger charge is -2.33. The molecule has 1 aromatic carbocycles. The number of benzene rings is 1. The summed E-state index contributed by atoms with van der Waals surface area (Å²) in [6, 6.07) is 5.54. The second-order valence-electron chi connectivity index (χ2n) is 5.25. The molecular formula is C14H15FO4S. The van der Waals surface area contributed by atoms with Gasteiger partial charge in [0.25, 0.3) is 0 Å². The lowest BCUT2D eigenvalue weighted by molar-refractivity contribution is -0.152. The Morgan fingerprint density at radius 2 is 1.95 bits per heavy atom. The summed E-state index contributed by atoms with van der Waals surface area (Å²) in [4.78, 5) is 11.7. The quantitative estimate of drug-likeness (QED) is 0.786. The summed E-state index contributed by atoms with van der Waals surface area (Å²) in [5.41, 5.74) is -0.576. The predicted molar refractivity (Wildman–Crippen MR) is 73.0 cm³/mol. The Bertz CT molecular complexity index is 702. The van der Waals surface area contributed by atoms with Crippen molar-refractivity contribution in [2.24, 2.45) is 0 Å². The highest BCUT2D eigenvalue weighted by Gasteiger charge is 2.41. The summed E-state index contributed by atoms with van der Waals surface area (Å²) >= 11 is 0. The van der Waals surface area contributed by atoms with Crippen LogP contribution < -0.4 is 0 Å². The zero-order valence-corrected chi connectivity index (χ0v) is 12.3. The first-order valence-corrected chi connectivity index (χ1v) is 7.92. The minimum absolute atomic E-state index is 0.0233. The van der Waals surface area contributed by atoms with Crippen molar-refractivity contribution in [1.29, 1.82) is 0 Å². The van der Waals surface area contributed by atoms with Crippen LogP contribution in [0.3, 0.4) is 0 Å². The predicted octanol–water partition coefficient (Wildman–Crippen LogP) is 2.31. The molecule has 0 atom stereocenters. The molecule has 0 saturated heterocycles. The zero-order valence-electron chi connectivity index (χ0n) is 11.4. The van der Waals surface area contributed by atoms with Gasteiger partial charge in [0.1, 0.15) is 11.4 Å². The second-order valence-corrected chi connectivity index (χ2v) is 7.20. The summed E-state index contributed by atoms with van der Waals surface area (Å²) in [5, 5.41) is 0. The smallest absolute Gasteiger partial charge is 0.311 e. The van der Waals surface area contributed by atoms with E-state index in [-0.39, 0.29) is 11.3 Å². The third-order valence-corrected chi connectivity index (χ3v) is 4.53. The van der Waals surface area contributed by atoms with Crippen LogP contribution in [-0.4, -0.2) is 26.2 Å². The molecular weight excluding hydrogens is 283 g/mol. The number of carbonyl (C=O) groups is 1. The number of ether oxygens (including phenoxy) is 1. The maximum absolute atomic E-state index is 13.3. The first-order chi connectivity index (χ1) is 9.11. The van der Waals surface area contributed by atoms with Crippen LogP contribution in [0, 0.1) is 5.82 Å². The van der Waals surface area contributed by atoms with Crippen LogP contribution >= 0.6 is 0 Å². The van der Waals surface area contributed by atoms with E-state index >= 15 is 0 Å². The highest BCUT2D eigenvalue weighted by atomic mass is 32.2. The molecule has 1 aliphatic heterocycles. The summed E-state index contributed by atoms with van der Waals surface area (Å²) in [6.45, 7) is 3.03. The largest absolute Gasteiger partial charge is 0.454 e. The summed E-state index contributed by atoms with van der Waals surface area (Å²) < 4.78 is 42.5. The van der Waals surface area contributed by atoms with Crippen LogP contribution in [-0.2, 0) is 19.4 Å². The highest BCUT2D eigenvalue weighted by Crippen LogP contribution is 2.39. The van der Waals surface area contributed by atoms with Gasteiger partial charge in [-0.15, -0.1) is 0 Å². The van der Waals surface area contributed by atoms with Crippen molar-refractivity contribution in [2.45, 2.75) is 25.9 Å². The maximum Gasteiger partial charge on any atom is 0.311 e. The van der Waals surface area contributed by atoms with Crippen LogP contribution in [0.5, 0.6) is 0 Å². The summed E-state index contributed by atoms with van der Waals surface area (Å²) in [7, 11) is -3.59. The first-order valence-electron chi connectivity index (χ1n) is 6.03. The fourth-order valence-electron chi connectivity index (χ4n) is 2.53. The van der Waals surface area contributed by atoms with E-state index in [9.17, 15) is 17.6 Å². The lowest BCUT2D eigenvalue weighted by atomic mass is 9.93. The van der Waals surface area contributed by atoms with Crippen LogP contribution in [0.1, 0.15) is 25.8 Å². The van der Waals surface area contributed by atoms with Crippen molar-refractivity contribution in [1.82, 2.24) is 0 Å². The molecule has 0 radical (unpaired) electrons. The molecule has 0 aromatic heterocycles. The van der Waals surface area contributed by atoms with Gasteiger partial charge in [-0.2, -0.15) is 0 Å². The Hall–Kier alpha value is -1.69. The molecule has 0 fully saturated rings. The fraction of sp³-hybridized carbons (Fsp3) is 0.357. The van der Waals surface area contributed by atoms with Crippen LogP contribution in [0.2, 0.25) is 0 Å². The molecule has 1 aliphatic rings. The standard InChI is InChI=1S/C14H15FO4S/c1-14(2)13(20(3,17)18)11(8-12(16)19-14)9-5-4-6-10(15)7-9/h4-7H,8H2,1-3H3. The molecule has 1 heterocycles. The molecule has 20 heavy (non-hydrogen) atoms. The van der Waals surface area contributed by atoms with E-state index in [0.29, 0.717) is 11.1 Å². The molecule has 0 bridgehead atoms. The van der Waals surface area contributed by atoms with Gasteiger partial charge in [-0.25, -0.2) is 12.8 Å². The second kappa shape index (κ2) is 4.70. The highest BCUT2D eigenvalue weighted by molar-refractivity contribution is 7.94. The molecule has 108 valence electrons. The number of halogens is 1. The van der Waals surface area contributed by atoms with Gasteiger partial charge in [0.05, 0.1) is 11.3 Å². The Kier molecular flexibility index (Phi) is 3.46. The van der Waals surface area contributed by atoms with Crippen molar-refractivity contribution in [3.8, 4) is 0 Å². The van der Waals surface area contributed by atoms with Crippen molar-refractivity contribution >= 4 is 21.4 Å². The maximum atomic E-state index is 13.3. The Balaban J connectivity index is 2.77. The van der Waals surface area contributed by atoms with E-state index < -0.39 is 27.2 Å². The zero-order chi connectivity index (χ0) is 15.1. The molecule has 0 saturated carbocycles. The van der Waals surface area contributed by atoms with Crippen LogP contribution in [0.15, 0.2) is 29.2 Å². The first kappa shape index (κ1) is 14.7. The van der Waals surface area contributed by atoms with E-state index in [1.807, 2.05) is 0 Å². The number of hydrogen-bond donors (Lipinski definition) is 0. The molecule has 2 rings (SSSR count). The minimum Gasteiger partial charge on any atom is -0.454 e. The van der Waals surface area contributed by atoms with Gasteiger partial charge in [0.2, 0.25) is 0 Å². The molecule has 0 spiro atoms. The third kappa shape index (κ3) is 2.75. The average molecular weight is 298 g/mol. The third-order valence-electron chi connectivity index (χ3n) is 3.05. The summed E-state index contributed by atoms with van der Waals surface area (Å²) in [5.74, 6) is -1.01. The Labute approximate surface area is 117 Å². The number of sulfone groups is 1. The molecule has 6 heteroatoms. The fourth-order valence-corrected chi connectivity index (χ4v) is 4.11. The van der Waals surface area contributed by atoms with Gasteiger partial charge in [-0.05, 0) is 37.1 Å². The van der Waals surface area contributed by atoms with Crippen molar-refractivity contribution in [3.05, 3.63) is 40.6 Å². The SMILES string of the molecule is CC1(C)OC(=O)CC(c2cccc(F)c2)=C1S(C)(=O)=O. The van der Waals surface area contributed by atoms with Gasteiger partial charge in [0, 0.05) is 6.26 Å². The Morgan fingerprint density at radius 3 is 2.50 bits per heavy atom. The lowest BCUT2D eigenvalue weighted by Crippen LogP contribution is -2.38. The number of carbonyl (C=O) groups excluding carboxylic acids is 1. The number of cyclic esters (lactones) is 1. The number of rotatable bonds is 2. The van der Waals surface area contributed by atoms with Crippen molar-refractivity contribution in [3.63, 3.8) is 0 Å². The topological polar surface area (TPSA) is 60.4 Å². The molecule has 0 N–H and O–H groups in total. The molecule has 0 aliphatic carbocycles. The Morgan fingerprint density at radius 1 is 1.30 bits per heavy atom. The van der Waals surface area contributed by atoms with Gasteiger partial charge < -0.3 is 4.74 Å². The van der Waals surface area contributed by atoms with E-state index in [2.05, 4.69) is 0 Å². The van der Waals surface area contributed by atoms with E-state index in [1.165, 1.54) is 32.0 Å². The van der Waals surface area contributed by atoms with E-state index in [4.69, 9.17) is 4.74 Å². The monoisotopic (exact) mass is 298 g/mol. The molecule has 0 amide bonds. The molecule has 0 unspecified atom stereocenters. The minimum atomic E-state index is -3.59. The summed E-state index contributed by atoms with van der Waals surface area (Å²) in [6.07, 6.45) is 0.873. The van der Waals surface area contributed by atoms with Gasteiger partial charge in [0.15, 0.2) is 9.84 Å². The van der Waals surface area contributed by atoms with Crippen molar-refractivity contribution < 1.29 is 22.3 Å². The van der Waals surface area contributed by atoms with E-state index in [0.717, 1.165) is 6.26 Å². The molecule has 1 aromatic rings. The van der Waals surface area contributed by atoms with Crippen molar-refractivity contribution in [2.75, 3.05) is 6.26 Å². The van der Waals surface area contributed by atoms with Gasteiger partial charge in [-0.3, -0.25) is 4.79 Å². The molecule has 4 nitrogen and oxygen atoms in total. The van der Waals surface area contributed by atoms with E-state index in [1.54, 1.807) is 6.07 Å². The number of esters is 1. The number of hydrogen-bond acceptors (Lipinski definition) is 4. The average Bonchev–Trinajstić information content (AvgIpc) is 2.24. The van der Waals surface area contributed by atoms with Gasteiger partial charge >= 0.3 is 5.97 Å². The van der Waals surface area contributed by atoms with Gasteiger partial charge in [-0.1, -0.05) is 12.1 Å². The van der Waals surface area contributed by atoms with Crippen LogP contribution in [0.4, 0.5) is 4.39 Å². The van der Waals surface area contributed by atoms with Crippen LogP contribution in [0.25, 0.3) is 5.57 Å². The normalized spacial score (nSPS) is 18.9.